The lowest BCUT2D eigenvalue weighted by Gasteiger charge is -2.08. The van der Waals surface area contributed by atoms with Crippen molar-refractivity contribution in [1.29, 1.82) is 0 Å². The highest BCUT2D eigenvalue weighted by molar-refractivity contribution is 5.89. The molecule has 0 saturated carbocycles. The van der Waals surface area contributed by atoms with Crippen molar-refractivity contribution in [3.63, 3.8) is 0 Å². The summed E-state index contributed by atoms with van der Waals surface area (Å²) in [6, 6.07) is 11.2. The zero-order chi connectivity index (χ0) is 15.1. The Labute approximate surface area is 125 Å². The van der Waals surface area contributed by atoms with E-state index < -0.39 is 0 Å². The SMILES string of the molecule is COc1cc2nc3nc4ccccc4nc3nc2cc1OC. The van der Waals surface area contributed by atoms with E-state index in [2.05, 4.69) is 19.9 Å². The second kappa shape index (κ2) is 4.77. The van der Waals surface area contributed by atoms with Crippen LogP contribution >= 0.6 is 0 Å². The largest absolute Gasteiger partial charge is 0.493 e. The van der Waals surface area contributed by atoms with Gasteiger partial charge in [0.1, 0.15) is 0 Å². The Morgan fingerprint density at radius 3 is 1.45 bits per heavy atom. The van der Waals surface area contributed by atoms with Crippen LogP contribution in [0.25, 0.3) is 33.4 Å². The maximum Gasteiger partial charge on any atom is 0.199 e. The number of rotatable bonds is 2. The Kier molecular flexibility index (Phi) is 2.75. The van der Waals surface area contributed by atoms with Crippen LogP contribution in [-0.2, 0) is 0 Å². The molecule has 0 atom stereocenters. The first-order valence-corrected chi connectivity index (χ1v) is 6.75. The fourth-order valence-corrected chi connectivity index (χ4v) is 2.40. The number of methoxy groups -OCH3 is 2. The van der Waals surface area contributed by atoms with Crippen LogP contribution in [0.4, 0.5) is 0 Å². The molecule has 2 aromatic heterocycles. The van der Waals surface area contributed by atoms with Gasteiger partial charge >= 0.3 is 0 Å². The first-order chi connectivity index (χ1) is 10.8. The monoisotopic (exact) mass is 292 g/mol. The summed E-state index contributed by atoms with van der Waals surface area (Å²) in [4.78, 5) is 18.1. The van der Waals surface area contributed by atoms with Gasteiger partial charge in [-0.05, 0) is 12.1 Å². The van der Waals surface area contributed by atoms with E-state index in [1.54, 1.807) is 26.4 Å². The highest BCUT2D eigenvalue weighted by Crippen LogP contribution is 2.31. The molecule has 0 saturated heterocycles. The standard InChI is InChI=1S/C16H12N4O2/c1-21-13-7-11-12(8-14(13)22-2)20-16-15(19-11)17-9-5-3-4-6-10(9)18-16/h3-8H,1-2H3. The van der Waals surface area contributed by atoms with E-state index in [0.717, 1.165) is 11.0 Å². The molecule has 0 aliphatic rings. The first kappa shape index (κ1) is 12.7. The zero-order valence-electron chi connectivity index (χ0n) is 12.1. The third kappa shape index (κ3) is 1.88. The summed E-state index contributed by atoms with van der Waals surface area (Å²) in [6.45, 7) is 0. The second-order valence-corrected chi connectivity index (χ2v) is 4.78. The topological polar surface area (TPSA) is 70.0 Å². The van der Waals surface area contributed by atoms with Gasteiger partial charge in [0.15, 0.2) is 22.8 Å². The molecule has 22 heavy (non-hydrogen) atoms. The van der Waals surface area contributed by atoms with Gasteiger partial charge in [-0.15, -0.1) is 0 Å². The molecule has 2 aromatic carbocycles. The fraction of sp³-hybridized carbons (Fsp3) is 0.125. The number of ether oxygens (including phenoxy) is 2. The average molecular weight is 292 g/mol. The summed E-state index contributed by atoms with van der Waals surface area (Å²) >= 11 is 0. The van der Waals surface area contributed by atoms with Crippen LogP contribution in [0.3, 0.4) is 0 Å². The molecule has 0 aliphatic heterocycles. The van der Waals surface area contributed by atoms with Crippen LogP contribution in [0.1, 0.15) is 0 Å². The Balaban J connectivity index is 2.07. The van der Waals surface area contributed by atoms with Gasteiger partial charge in [0.2, 0.25) is 0 Å². The maximum atomic E-state index is 5.30. The molecule has 0 N–H and O–H groups in total. The van der Waals surface area contributed by atoms with E-state index in [0.29, 0.717) is 33.8 Å². The van der Waals surface area contributed by atoms with Gasteiger partial charge in [0.25, 0.3) is 0 Å². The smallest absolute Gasteiger partial charge is 0.199 e. The maximum absolute atomic E-state index is 5.30. The Morgan fingerprint density at radius 1 is 0.636 bits per heavy atom. The molecule has 0 spiro atoms. The fourth-order valence-electron chi connectivity index (χ4n) is 2.40. The van der Waals surface area contributed by atoms with Gasteiger partial charge < -0.3 is 9.47 Å². The molecular formula is C16H12N4O2. The summed E-state index contributed by atoms with van der Waals surface area (Å²) in [5, 5.41) is 0. The average Bonchev–Trinajstić information content (AvgIpc) is 2.56. The highest BCUT2D eigenvalue weighted by atomic mass is 16.5. The lowest BCUT2D eigenvalue weighted by atomic mass is 10.2. The van der Waals surface area contributed by atoms with Gasteiger partial charge in [0, 0.05) is 12.1 Å². The van der Waals surface area contributed by atoms with E-state index >= 15 is 0 Å². The van der Waals surface area contributed by atoms with Gasteiger partial charge in [-0.1, -0.05) is 12.1 Å². The minimum Gasteiger partial charge on any atom is -0.493 e. The number of para-hydroxylation sites is 2. The molecule has 0 radical (unpaired) electrons. The normalized spacial score (nSPS) is 11.2. The van der Waals surface area contributed by atoms with Crippen molar-refractivity contribution in [2.75, 3.05) is 14.2 Å². The molecule has 0 bridgehead atoms. The van der Waals surface area contributed by atoms with E-state index in [4.69, 9.17) is 9.47 Å². The van der Waals surface area contributed by atoms with Gasteiger partial charge in [-0.3, -0.25) is 0 Å². The lowest BCUT2D eigenvalue weighted by Crippen LogP contribution is -1.96. The molecule has 0 fully saturated rings. The van der Waals surface area contributed by atoms with Crippen molar-refractivity contribution in [3.05, 3.63) is 36.4 Å². The van der Waals surface area contributed by atoms with E-state index in [1.165, 1.54) is 0 Å². The molecule has 0 aliphatic carbocycles. The van der Waals surface area contributed by atoms with Crippen molar-refractivity contribution in [3.8, 4) is 11.5 Å². The summed E-state index contributed by atoms with van der Waals surface area (Å²) in [5.41, 5.74) is 3.99. The van der Waals surface area contributed by atoms with Crippen molar-refractivity contribution >= 4 is 33.4 Å². The van der Waals surface area contributed by atoms with Gasteiger partial charge in [-0.25, -0.2) is 19.9 Å². The van der Waals surface area contributed by atoms with Crippen LogP contribution < -0.4 is 9.47 Å². The van der Waals surface area contributed by atoms with Crippen LogP contribution in [0.15, 0.2) is 36.4 Å². The number of nitrogens with zero attached hydrogens (tertiary/aromatic N) is 4. The van der Waals surface area contributed by atoms with E-state index in [9.17, 15) is 0 Å². The van der Waals surface area contributed by atoms with Crippen LogP contribution in [-0.4, -0.2) is 34.2 Å². The summed E-state index contributed by atoms with van der Waals surface area (Å²) in [6.07, 6.45) is 0. The van der Waals surface area contributed by atoms with Crippen LogP contribution in [0, 0.1) is 0 Å². The predicted molar refractivity (Wildman–Crippen MR) is 83.2 cm³/mol. The van der Waals surface area contributed by atoms with Crippen molar-refractivity contribution < 1.29 is 9.47 Å². The predicted octanol–water partition coefficient (Wildman–Crippen LogP) is 2.74. The van der Waals surface area contributed by atoms with Crippen molar-refractivity contribution in [1.82, 2.24) is 19.9 Å². The van der Waals surface area contributed by atoms with Crippen molar-refractivity contribution in [2.24, 2.45) is 0 Å². The summed E-state index contributed by atoms with van der Waals surface area (Å²) in [5.74, 6) is 1.22. The van der Waals surface area contributed by atoms with Crippen LogP contribution in [0.2, 0.25) is 0 Å². The number of hydrogen-bond donors (Lipinski definition) is 0. The molecule has 0 unspecified atom stereocenters. The molecule has 108 valence electrons. The third-order valence-electron chi connectivity index (χ3n) is 3.47. The third-order valence-corrected chi connectivity index (χ3v) is 3.47. The minimum atomic E-state index is 0.512. The minimum absolute atomic E-state index is 0.512. The Bertz CT molecular complexity index is 935. The number of fused-ring (bicyclic) bond motifs is 3. The quantitative estimate of drug-likeness (QED) is 0.529. The summed E-state index contributed by atoms with van der Waals surface area (Å²) in [7, 11) is 3.18. The molecule has 0 amide bonds. The zero-order valence-corrected chi connectivity index (χ0v) is 12.1. The second-order valence-electron chi connectivity index (χ2n) is 4.78. The molecule has 4 aromatic rings. The van der Waals surface area contributed by atoms with E-state index in [-0.39, 0.29) is 0 Å². The van der Waals surface area contributed by atoms with E-state index in [1.807, 2.05) is 24.3 Å². The lowest BCUT2D eigenvalue weighted by molar-refractivity contribution is 0.355. The molecule has 2 heterocycles. The number of aromatic nitrogens is 4. The van der Waals surface area contributed by atoms with Crippen molar-refractivity contribution in [2.45, 2.75) is 0 Å². The Morgan fingerprint density at radius 2 is 1.05 bits per heavy atom. The molecule has 6 heteroatoms. The highest BCUT2D eigenvalue weighted by Gasteiger charge is 2.11. The number of benzene rings is 2. The Hall–Kier alpha value is -3.02. The molecule has 4 rings (SSSR count). The van der Waals surface area contributed by atoms with Gasteiger partial charge in [0.05, 0.1) is 36.3 Å². The first-order valence-electron chi connectivity index (χ1n) is 6.75. The molecule has 6 nitrogen and oxygen atoms in total. The summed E-state index contributed by atoms with van der Waals surface area (Å²) < 4.78 is 10.6. The van der Waals surface area contributed by atoms with Gasteiger partial charge in [-0.2, -0.15) is 0 Å². The number of hydrogen-bond acceptors (Lipinski definition) is 6. The van der Waals surface area contributed by atoms with Crippen LogP contribution in [0.5, 0.6) is 11.5 Å². The molecular weight excluding hydrogens is 280 g/mol.